The summed E-state index contributed by atoms with van der Waals surface area (Å²) in [4.78, 5) is 20.7. The van der Waals surface area contributed by atoms with Gasteiger partial charge in [-0.2, -0.15) is 0 Å². The standard InChI is InChI=1S/C17H16N4O2/c1-23-14-7-5-12(6-8-14)16(22)21-17-19-10-13(11-20-17)15-4-2-3-9-18-15/h2-11,17,19H,1H3,(H,21,22). The molecular weight excluding hydrogens is 292 g/mol. The van der Waals surface area contributed by atoms with Gasteiger partial charge in [-0.3, -0.25) is 9.78 Å². The van der Waals surface area contributed by atoms with Gasteiger partial charge in [0.1, 0.15) is 5.75 Å². The third-order valence-corrected chi connectivity index (χ3v) is 3.34. The molecule has 6 nitrogen and oxygen atoms in total. The summed E-state index contributed by atoms with van der Waals surface area (Å²) in [6.45, 7) is 0. The van der Waals surface area contributed by atoms with Crippen molar-refractivity contribution < 1.29 is 9.53 Å². The van der Waals surface area contributed by atoms with Crippen molar-refractivity contribution in [2.24, 2.45) is 4.99 Å². The molecule has 0 fully saturated rings. The van der Waals surface area contributed by atoms with Crippen molar-refractivity contribution >= 4 is 17.7 Å². The second kappa shape index (κ2) is 6.74. The first-order valence-corrected chi connectivity index (χ1v) is 7.12. The van der Waals surface area contributed by atoms with Crippen molar-refractivity contribution in [3.05, 3.63) is 66.1 Å². The molecule has 0 radical (unpaired) electrons. The van der Waals surface area contributed by atoms with Crippen molar-refractivity contribution in [2.75, 3.05) is 7.11 Å². The highest BCUT2D eigenvalue weighted by atomic mass is 16.5. The molecule has 1 aliphatic heterocycles. The van der Waals surface area contributed by atoms with Crippen LogP contribution in [-0.2, 0) is 0 Å². The van der Waals surface area contributed by atoms with Gasteiger partial charge in [-0.15, -0.1) is 0 Å². The maximum absolute atomic E-state index is 12.2. The van der Waals surface area contributed by atoms with E-state index < -0.39 is 6.29 Å². The van der Waals surface area contributed by atoms with E-state index in [0.29, 0.717) is 11.3 Å². The van der Waals surface area contributed by atoms with Gasteiger partial charge in [0.25, 0.3) is 5.91 Å². The molecule has 0 saturated carbocycles. The molecule has 0 bridgehead atoms. The molecule has 116 valence electrons. The molecule has 0 aliphatic carbocycles. The highest BCUT2D eigenvalue weighted by Gasteiger charge is 2.14. The van der Waals surface area contributed by atoms with Crippen LogP contribution >= 0.6 is 0 Å². The number of aromatic nitrogens is 1. The van der Waals surface area contributed by atoms with Gasteiger partial charge in [0.2, 0.25) is 0 Å². The van der Waals surface area contributed by atoms with Crippen LogP contribution in [0, 0.1) is 0 Å². The molecule has 2 N–H and O–H groups in total. The van der Waals surface area contributed by atoms with E-state index >= 15 is 0 Å². The Morgan fingerprint density at radius 3 is 2.65 bits per heavy atom. The SMILES string of the molecule is COc1ccc(C(=O)NC2N=CC(c3ccccn3)=CN2)cc1. The predicted molar refractivity (Wildman–Crippen MR) is 88.1 cm³/mol. The normalized spacial score (nSPS) is 16.2. The van der Waals surface area contributed by atoms with Gasteiger partial charge in [-0.25, -0.2) is 4.99 Å². The quantitative estimate of drug-likeness (QED) is 0.903. The zero-order chi connectivity index (χ0) is 16.1. The van der Waals surface area contributed by atoms with E-state index in [0.717, 1.165) is 11.3 Å². The number of carbonyl (C=O) groups is 1. The number of allylic oxidation sites excluding steroid dienone is 1. The van der Waals surface area contributed by atoms with E-state index in [9.17, 15) is 4.79 Å². The number of hydrogen-bond acceptors (Lipinski definition) is 5. The first-order chi connectivity index (χ1) is 11.3. The van der Waals surface area contributed by atoms with E-state index in [2.05, 4.69) is 20.6 Å². The smallest absolute Gasteiger partial charge is 0.254 e. The lowest BCUT2D eigenvalue weighted by molar-refractivity contribution is 0.0934. The third-order valence-electron chi connectivity index (χ3n) is 3.34. The molecule has 1 aromatic heterocycles. The van der Waals surface area contributed by atoms with Crippen LogP contribution in [0.4, 0.5) is 0 Å². The summed E-state index contributed by atoms with van der Waals surface area (Å²) in [5.41, 5.74) is 2.23. The Hall–Kier alpha value is -3.15. The molecule has 1 unspecified atom stereocenters. The number of nitrogens with one attached hydrogen (secondary N) is 2. The number of nitrogens with zero attached hydrogens (tertiary/aromatic N) is 2. The number of benzene rings is 1. The highest BCUT2D eigenvalue weighted by molar-refractivity contribution is 6.09. The fraction of sp³-hybridized carbons (Fsp3) is 0.118. The number of aliphatic imine (C=N–C) groups is 1. The minimum Gasteiger partial charge on any atom is -0.497 e. The summed E-state index contributed by atoms with van der Waals surface area (Å²) in [6, 6.07) is 12.6. The van der Waals surface area contributed by atoms with Crippen molar-refractivity contribution in [3.8, 4) is 5.75 Å². The second-order valence-corrected chi connectivity index (χ2v) is 4.86. The average Bonchev–Trinajstić information content (AvgIpc) is 2.63. The van der Waals surface area contributed by atoms with Crippen LogP contribution in [0.5, 0.6) is 5.75 Å². The van der Waals surface area contributed by atoms with Crippen LogP contribution in [0.25, 0.3) is 5.57 Å². The Kier molecular flexibility index (Phi) is 4.33. The Labute approximate surface area is 133 Å². The molecule has 0 spiro atoms. The van der Waals surface area contributed by atoms with Gasteiger partial charge in [-0.05, 0) is 36.4 Å². The lowest BCUT2D eigenvalue weighted by Gasteiger charge is -2.19. The van der Waals surface area contributed by atoms with Crippen molar-refractivity contribution in [3.63, 3.8) is 0 Å². The number of hydrogen-bond donors (Lipinski definition) is 2. The minimum absolute atomic E-state index is 0.211. The summed E-state index contributed by atoms with van der Waals surface area (Å²) in [5.74, 6) is 0.496. The number of ether oxygens (including phenoxy) is 1. The summed E-state index contributed by atoms with van der Waals surface area (Å²) in [5, 5.41) is 5.83. The average molecular weight is 308 g/mol. The molecule has 1 amide bonds. The van der Waals surface area contributed by atoms with Crippen LogP contribution < -0.4 is 15.4 Å². The van der Waals surface area contributed by atoms with E-state index in [4.69, 9.17) is 4.74 Å². The molecule has 1 atom stereocenters. The summed E-state index contributed by atoms with van der Waals surface area (Å²) in [6.07, 6.45) is 4.70. The predicted octanol–water partition coefficient (Wildman–Crippen LogP) is 1.82. The fourth-order valence-electron chi connectivity index (χ4n) is 2.11. The Morgan fingerprint density at radius 1 is 1.22 bits per heavy atom. The Morgan fingerprint density at radius 2 is 2.04 bits per heavy atom. The first kappa shape index (κ1) is 14.8. The first-order valence-electron chi connectivity index (χ1n) is 7.12. The molecule has 2 aromatic rings. The monoisotopic (exact) mass is 308 g/mol. The third kappa shape index (κ3) is 3.55. The van der Waals surface area contributed by atoms with Crippen molar-refractivity contribution in [1.29, 1.82) is 0 Å². The molecule has 2 heterocycles. The van der Waals surface area contributed by atoms with Gasteiger partial charge >= 0.3 is 0 Å². The maximum Gasteiger partial charge on any atom is 0.254 e. The van der Waals surface area contributed by atoms with Crippen LogP contribution in [0.1, 0.15) is 16.1 Å². The number of amides is 1. The highest BCUT2D eigenvalue weighted by Crippen LogP contribution is 2.13. The van der Waals surface area contributed by atoms with E-state index in [1.54, 1.807) is 50.0 Å². The van der Waals surface area contributed by atoms with E-state index in [-0.39, 0.29) is 5.91 Å². The van der Waals surface area contributed by atoms with Crippen LogP contribution in [0.3, 0.4) is 0 Å². The largest absolute Gasteiger partial charge is 0.497 e. The fourth-order valence-corrected chi connectivity index (χ4v) is 2.11. The molecule has 1 aliphatic rings. The van der Waals surface area contributed by atoms with Gasteiger partial charge in [-0.1, -0.05) is 6.07 Å². The molecule has 1 aromatic carbocycles. The lowest BCUT2D eigenvalue weighted by atomic mass is 10.2. The molecule has 23 heavy (non-hydrogen) atoms. The molecule has 0 saturated heterocycles. The number of rotatable bonds is 4. The van der Waals surface area contributed by atoms with Gasteiger partial charge in [0.05, 0.1) is 12.8 Å². The number of methoxy groups -OCH3 is 1. The van der Waals surface area contributed by atoms with Crippen LogP contribution in [0.15, 0.2) is 59.9 Å². The van der Waals surface area contributed by atoms with E-state index in [1.165, 1.54) is 0 Å². The molecule has 6 heteroatoms. The van der Waals surface area contributed by atoms with E-state index in [1.807, 2.05) is 18.2 Å². The van der Waals surface area contributed by atoms with Gasteiger partial charge in [0.15, 0.2) is 6.29 Å². The van der Waals surface area contributed by atoms with Crippen molar-refractivity contribution in [1.82, 2.24) is 15.6 Å². The van der Waals surface area contributed by atoms with Gasteiger partial charge in [0, 0.05) is 29.7 Å². The number of carbonyl (C=O) groups excluding carboxylic acids is 1. The summed E-state index contributed by atoms with van der Waals surface area (Å²) < 4.78 is 5.07. The molecule has 3 rings (SSSR count). The zero-order valence-electron chi connectivity index (χ0n) is 12.6. The number of pyridine rings is 1. The summed E-state index contributed by atoms with van der Waals surface area (Å²) in [7, 11) is 1.58. The van der Waals surface area contributed by atoms with Crippen LogP contribution in [-0.4, -0.2) is 30.5 Å². The topological polar surface area (TPSA) is 75.6 Å². The second-order valence-electron chi connectivity index (χ2n) is 4.86. The minimum atomic E-state index is -0.503. The van der Waals surface area contributed by atoms with Crippen LogP contribution in [0.2, 0.25) is 0 Å². The Bertz CT molecular complexity index is 739. The Balaban J connectivity index is 1.61. The maximum atomic E-state index is 12.2. The molecular formula is C17H16N4O2. The zero-order valence-corrected chi connectivity index (χ0v) is 12.6. The van der Waals surface area contributed by atoms with Gasteiger partial charge < -0.3 is 15.4 Å². The van der Waals surface area contributed by atoms with Crippen molar-refractivity contribution in [2.45, 2.75) is 6.29 Å². The summed E-state index contributed by atoms with van der Waals surface area (Å²) >= 11 is 0. The lowest BCUT2D eigenvalue weighted by Crippen LogP contribution is -2.43.